The van der Waals surface area contributed by atoms with Gasteiger partial charge < -0.3 is 24.1 Å². The van der Waals surface area contributed by atoms with E-state index in [-0.39, 0.29) is 28.7 Å². The number of nitrogens with zero attached hydrogens (tertiary/aromatic N) is 3. The topological polar surface area (TPSA) is 122 Å². The molecule has 190 valence electrons. The number of hydrogen-bond acceptors (Lipinski definition) is 9. The zero-order chi connectivity index (χ0) is 26.2. The lowest BCUT2D eigenvalue weighted by atomic mass is 10.1. The van der Waals surface area contributed by atoms with Gasteiger partial charge in [0.05, 0.1) is 36.8 Å². The van der Waals surface area contributed by atoms with E-state index in [0.717, 1.165) is 4.47 Å². The summed E-state index contributed by atoms with van der Waals surface area (Å²) in [6, 6.07) is 11.7. The lowest BCUT2D eigenvalue weighted by Gasteiger charge is -2.15. The molecule has 0 bridgehead atoms. The predicted octanol–water partition coefficient (Wildman–Crippen LogP) is 4.50. The van der Waals surface area contributed by atoms with Crippen LogP contribution in [0.25, 0.3) is 0 Å². The molecule has 2 aromatic carbocycles. The molecule has 12 heteroatoms. The molecule has 0 spiro atoms. The zero-order valence-corrected chi connectivity index (χ0v) is 22.5. The maximum atomic E-state index is 12.7. The van der Waals surface area contributed by atoms with Crippen LogP contribution in [0.2, 0.25) is 0 Å². The Morgan fingerprint density at radius 2 is 1.75 bits per heavy atom. The molecule has 3 rings (SSSR count). The monoisotopic (exact) mass is 576 g/mol. The first-order valence-electron chi connectivity index (χ1n) is 10.9. The van der Waals surface area contributed by atoms with Crippen LogP contribution in [0.5, 0.6) is 5.75 Å². The third-order valence-electron chi connectivity index (χ3n) is 5.00. The Morgan fingerprint density at radius 3 is 2.39 bits per heavy atom. The number of ether oxygens (including phenoxy) is 3. The molecule has 0 fully saturated rings. The van der Waals surface area contributed by atoms with E-state index in [1.807, 2.05) is 42.7 Å². The van der Waals surface area contributed by atoms with E-state index in [0.29, 0.717) is 23.3 Å². The van der Waals surface area contributed by atoms with Crippen molar-refractivity contribution >= 4 is 51.2 Å². The number of benzene rings is 2. The largest absolute Gasteiger partial charge is 0.483 e. The molecular formula is C24H25BrN4O6S. The second-order valence-corrected chi connectivity index (χ2v) is 9.24. The maximum absolute atomic E-state index is 12.7. The van der Waals surface area contributed by atoms with Crippen LogP contribution in [-0.4, -0.2) is 52.6 Å². The fraction of sp³-hybridized carbons (Fsp3) is 0.292. The molecule has 1 unspecified atom stereocenters. The fourth-order valence-corrected chi connectivity index (χ4v) is 4.35. The van der Waals surface area contributed by atoms with Crippen LogP contribution in [-0.2, 0) is 20.8 Å². The highest BCUT2D eigenvalue weighted by atomic mass is 79.9. The molecule has 1 atom stereocenters. The number of thioether (sulfide) groups is 1. The highest BCUT2D eigenvalue weighted by molar-refractivity contribution is 9.10. The predicted molar refractivity (Wildman–Crippen MR) is 137 cm³/mol. The number of anilines is 1. The lowest BCUT2D eigenvalue weighted by Crippen LogP contribution is -2.18. The Morgan fingerprint density at radius 1 is 1.06 bits per heavy atom. The fourth-order valence-electron chi connectivity index (χ4n) is 3.27. The van der Waals surface area contributed by atoms with Crippen molar-refractivity contribution in [2.45, 2.75) is 31.7 Å². The van der Waals surface area contributed by atoms with E-state index in [2.05, 4.69) is 31.4 Å². The van der Waals surface area contributed by atoms with Crippen LogP contribution >= 0.6 is 27.7 Å². The van der Waals surface area contributed by atoms with E-state index in [1.165, 1.54) is 44.2 Å². The highest BCUT2D eigenvalue weighted by Crippen LogP contribution is 2.26. The maximum Gasteiger partial charge on any atom is 0.339 e. The number of hydrogen-bond donors (Lipinski definition) is 1. The van der Waals surface area contributed by atoms with Crippen LogP contribution in [0.4, 0.5) is 5.69 Å². The van der Waals surface area contributed by atoms with Crippen molar-refractivity contribution in [1.29, 1.82) is 0 Å². The Labute approximate surface area is 220 Å². The van der Waals surface area contributed by atoms with Crippen LogP contribution in [0.3, 0.4) is 0 Å². The molecule has 0 aliphatic heterocycles. The average Bonchev–Trinajstić information content (AvgIpc) is 3.31. The van der Waals surface area contributed by atoms with Gasteiger partial charge in [-0.25, -0.2) is 9.59 Å². The van der Waals surface area contributed by atoms with E-state index in [1.54, 1.807) is 0 Å². The number of methoxy groups -OCH3 is 2. The van der Waals surface area contributed by atoms with Gasteiger partial charge in [0.2, 0.25) is 5.91 Å². The first-order chi connectivity index (χ1) is 17.3. The van der Waals surface area contributed by atoms with Gasteiger partial charge in [-0.3, -0.25) is 4.79 Å². The van der Waals surface area contributed by atoms with Crippen molar-refractivity contribution in [3.8, 4) is 5.75 Å². The molecule has 1 N–H and O–H groups in total. The van der Waals surface area contributed by atoms with Crippen LogP contribution in [0.1, 0.15) is 46.5 Å². The van der Waals surface area contributed by atoms with Crippen molar-refractivity contribution < 1.29 is 28.6 Å². The van der Waals surface area contributed by atoms with Gasteiger partial charge in [0.15, 0.2) is 17.1 Å². The molecule has 0 aliphatic carbocycles. The highest BCUT2D eigenvalue weighted by Gasteiger charge is 2.21. The summed E-state index contributed by atoms with van der Waals surface area (Å²) in [7, 11) is 2.48. The molecule has 1 aromatic heterocycles. The minimum Gasteiger partial charge on any atom is -0.483 e. The van der Waals surface area contributed by atoms with Crippen LogP contribution < -0.4 is 10.1 Å². The van der Waals surface area contributed by atoms with Crippen molar-refractivity contribution in [3.63, 3.8) is 0 Å². The SMILES string of the molecule is CCn1c(SCC(=O)Nc2cc(C(=O)OC)ccc2C(=O)OC)nnc1C(C)Oc1ccc(Br)cc1. The Bertz CT molecular complexity index is 1250. The average molecular weight is 577 g/mol. The number of halogens is 1. The van der Waals surface area contributed by atoms with Gasteiger partial charge in [0.25, 0.3) is 0 Å². The van der Waals surface area contributed by atoms with Gasteiger partial charge >= 0.3 is 11.9 Å². The summed E-state index contributed by atoms with van der Waals surface area (Å²) in [4.78, 5) is 36.7. The number of aromatic nitrogens is 3. The minimum absolute atomic E-state index is 0.0108. The first-order valence-corrected chi connectivity index (χ1v) is 12.6. The van der Waals surface area contributed by atoms with Crippen molar-refractivity contribution in [2.75, 3.05) is 25.3 Å². The Hall–Kier alpha value is -3.38. The lowest BCUT2D eigenvalue weighted by molar-refractivity contribution is -0.113. The minimum atomic E-state index is -0.649. The van der Waals surface area contributed by atoms with Crippen molar-refractivity contribution in [2.24, 2.45) is 0 Å². The summed E-state index contributed by atoms with van der Waals surface area (Å²) in [6.07, 6.45) is -0.370. The molecule has 0 saturated heterocycles. The second kappa shape index (κ2) is 12.5. The number of carbonyl (C=O) groups excluding carboxylic acids is 3. The molecule has 0 radical (unpaired) electrons. The number of esters is 2. The summed E-state index contributed by atoms with van der Waals surface area (Å²) < 4.78 is 18.3. The normalized spacial score (nSPS) is 11.5. The number of nitrogens with one attached hydrogen (secondary N) is 1. The third-order valence-corrected chi connectivity index (χ3v) is 6.50. The summed E-state index contributed by atoms with van der Waals surface area (Å²) in [5.74, 6) is -0.339. The van der Waals surface area contributed by atoms with Gasteiger partial charge in [-0.05, 0) is 56.3 Å². The molecule has 3 aromatic rings. The molecule has 0 saturated carbocycles. The van der Waals surface area contributed by atoms with E-state index in [9.17, 15) is 14.4 Å². The van der Waals surface area contributed by atoms with E-state index < -0.39 is 17.8 Å². The summed E-state index contributed by atoms with van der Waals surface area (Å²) in [5.41, 5.74) is 0.439. The molecule has 1 heterocycles. The summed E-state index contributed by atoms with van der Waals surface area (Å²) in [5, 5.41) is 11.7. The van der Waals surface area contributed by atoms with Crippen LogP contribution in [0.15, 0.2) is 52.1 Å². The molecule has 36 heavy (non-hydrogen) atoms. The molecule has 0 aliphatic rings. The summed E-state index contributed by atoms with van der Waals surface area (Å²) >= 11 is 4.59. The van der Waals surface area contributed by atoms with Gasteiger partial charge in [-0.2, -0.15) is 0 Å². The quantitative estimate of drug-likeness (QED) is 0.274. The van der Waals surface area contributed by atoms with Crippen molar-refractivity contribution in [3.05, 3.63) is 63.9 Å². The third kappa shape index (κ3) is 6.64. The second-order valence-electron chi connectivity index (χ2n) is 7.38. The van der Waals surface area contributed by atoms with E-state index >= 15 is 0 Å². The molecular weight excluding hydrogens is 552 g/mol. The standard InChI is InChI=1S/C24H25BrN4O6S/c1-5-29-21(14(2)35-17-9-7-16(25)8-10-17)27-28-24(29)36-13-20(30)26-19-12-15(22(31)33-3)6-11-18(19)23(32)34-4/h6-12,14H,5,13H2,1-4H3,(H,26,30). The molecule has 10 nitrogen and oxygen atoms in total. The van der Waals surface area contributed by atoms with Gasteiger partial charge in [0, 0.05) is 11.0 Å². The summed E-state index contributed by atoms with van der Waals surface area (Å²) in [6.45, 7) is 4.40. The smallest absolute Gasteiger partial charge is 0.339 e. The zero-order valence-electron chi connectivity index (χ0n) is 20.1. The van der Waals surface area contributed by atoms with Crippen LogP contribution in [0, 0.1) is 0 Å². The van der Waals surface area contributed by atoms with Gasteiger partial charge in [-0.1, -0.05) is 27.7 Å². The number of carbonyl (C=O) groups is 3. The molecule has 1 amide bonds. The van der Waals surface area contributed by atoms with Gasteiger partial charge in [-0.15, -0.1) is 10.2 Å². The number of rotatable bonds is 10. The Balaban J connectivity index is 1.71. The van der Waals surface area contributed by atoms with E-state index in [4.69, 9.17) is 14.2 Å². The van der Waals surface area contributed by atoms with Gasteiger partial charge in [0.1, 0.15) is 5.75 Å². The number of amides is 1. The Kier molecular flexibility index (Phi) is 9.48. The van der Waals surface area contributed by atoms with Crippen molar-refractivity contribution in [1.82, 2.24) is 14.8 Å². The first kappa shape index (κ1) is 27.2.